The Hall–Kier alpha value is -0.0800. The molecule has 0 aromatic rings. The molecule has 2 aliphatic rings. The highest BCUT2D eigenvalue weighted by Gasteiger charge is 2.29. The lowest BCUT2D eigenvalue weighted by atomic mass is 9.89. The van der Waals surface area contributed by atoms with Gasteiger partial charge in [0.25, 0.3) is 0 Å². The van der Waals surface area contributed by atoms with Gasteiger partial charge < -0.3 is 10.2 Å². The first-order valence-electron chi connectivity index (χ1n) is 8.66. The fourth-order valence-electron chi connectivity index (χ4n) is 4.15. The molecule has 3 unspecified atom stereocenters. The van der Waals surface area contributed by atoms with Crippen molar-refractivity contribution in [3.05, 3.63) is 0 Å². The van der Waals surface area contributed by atoms with E-state index in [1.807, 2.05) is 0 Å². The van der Waals surface area contributed by atoms with Crippen LogP contribution in [-0.2, 0) is 0 Å². The highest BCUT2D eigenvalue weighted by molar-refractivity contribution is 4.85. The zero-order chi connectivity index (χ0) is 13.7. The molecule has 0 aromatic heterocycles. The van der Waals surface area contributed by atoms with Gasteiger partial charge in [0.05, 0.1) is 0 Å². The second-order valence-corrected chi connectivity index (χ2v) is 7.09. The topological polar surface area (TPSA) is 15.3 Å². The van der Waals surface area contributed by atoms with Gasteiger partial charge in [-0.05, 0) is 69.5 Å². The zero-order valence-electron chi connectivity index (χ0n) is 13.3. The van der Waals surface area contributed by atoms with E-state index in [-0.39, 0.29) is 0 Å². The fourth-order valence-corrected chi connectivity index (χ4v) is 4.15. The third-order valence-electron chi connectivity index (χ3n) is 5.43. The van der Waals surface area contributed by atoms with Crippen molar-refractivity contribution < 1.29 is 0 Å². The van der Waals surface area contributed by atoms with Crippen LogP contribution in [0.2, 0.25) is 0 Å². The van der Waals surface area contributed by atoms with Gasteiger partial charge in [-0.3, -0.25) is 0 Å². The molecule has 2 nitrogen and oxygen atoms in total. The summed E-state index contributed by atoms with van der Waals surface area (Å²) in [5, 5.41) is 3.70. The second-order valence-electron chi connectivity index (χ2n) is 7.09. The van der Waals surface area contributed by atoms with Crippen LogP contribution in [0.5, 0.6) is 0 Å². The summed E-state index contributed by atoms with van der Waals surface area (Å²) in [6.07, 6.45) is 8.58. The summed E-state index contributed by atoms with van der Waals surface area (Å²) in [5.41, 5.74) is 0. The highest BCUT2D eigenvalue weighted by Crippen LogP contribution is 2.29. The normalized spacial score (nSPS) is 33.8. The van der Waals surface area contributed by atoms with Crippen molar-refractivity contribution in [1.29, 1.82) is 0 Å². The van der Waals surface area contributed by atoms with Crippen LogP contribution in [0.3, 0.4) is 0 Å². The number of nitrogens with zero attached hydrogens (tertiary/aromatic N) is 1. The third-order valence-corrected chi connectivity index (χ3v) is 5.43. The molecule has 112 valence electrons. The lowest BCUT2D eigenvalue weighted by molar-refractivity contribution is 0.215. The minimum atomic E-state index is 0.800. The Labute approximate surface area is 120 Å². The molecule has 2 rings (SSSR count). The average molecular weight is 266 g/mol. The van der Waals surface area contributed by atoms with Crippen molar-refractivity contribution in [1.82, 2.24) is 10.2 Å². The van der Waals surface area contributed by atoms with Crippen LogP contribution in [0.1, 0.15) is 59.3 Å². The minimum Gasteiger partial charge on any atom is -0.314 e. The standard InChI is InChI=1S/C17H34N2/c1-4-18-17-9-5-7-16(17)13-19-11-6-8-15(10-12-19)14(2)3/h14-18H,4-13H2,1-3H3. The van der Waals surface area contributed by atoms with Gasteiger partial charge in [-0.15, -0.1) is 0 Å². The molecule has 0 bridgehead atoms. The first-order valence-corrected chi connectivity index (χ1v) is 8.66. The number of rotatable bonds is 5. The quantitative estimate of drug-likeness (QED) is 0.819. The van der Waals surface area contributed by atoms with Crippen LogP contribution in [0.25, 0.3) is 0 Å². The first kappa shape index (κ1) is 15.3. The number of hydrogen-bond acceptors (Lipinski definition) is 2. The molecule has 1 aliphatic carbocycles. The van der Waals surface area contributed by atoms with E-state index < -0.39 is 0 Å². The van der Waals surface area contributed by atoms with E-state index in [0.717, 1.165) is 30.3 Å². The Bertz CT molecular complexity index is 252. The van der Waals surface area contributed by atoms with E-state index in [0.29, 0.717) is 0 Å². The smallest absolute Gasteiger partial charge is 0.0107 e. The summed E-state index contributed by atoms with van der Waals surface area (Å²) in [4.78, 5) is 2.77. The summed E-state index contributed by atoms with van der Waals surface area (Å²) in [7, 11) is 0. The molecule has 2 fully saturated rings. The van der Waals surface area contributed by atoms with Crippen LogP contribution in [0.15, 0.2) is 0 Å². The Kier molecular flexibility index (Phi) is 6.15. The van der Waals surface area contributed by atoms with E-state index in [9.17, 15) is 0 Å². The molecule has 2 heteroatoms. The molecule has 19 heavy (non-hydrogen) atoms. The maximum Gasteiger partial charge on any atom is 0.0107 e. The maximum absolute atomic E-state index is 3.70. The third kappa shape index (κ3) is 4.46. The van der Waals surface area contributed by atoms with Crippen molar-refractivity contribution in [3.63, 3.8) is 0 Å². The van der Waals surface area contributed by atoms with Crippen molar-refractivity contribution in [2.24, 2.45) is 17.8 Å². The molecule has 0 spiro atoms. The largest absolute Gasteiger partial charge is 0.314 e. The summed E-state index contributed by atoms with van der Waals surface area (Å²) in [6.45, 7) is 12.2. The molecule has 1 N–H and O–H groups in total. The monoisotopic (exact) mass is 266 g/mol. The van der Waals surface area contributed by atoms with Gasteiger partial charge in [-0.1, -0.05) is 27.2 Å². The molecule has 3 atom stereocenters. The predicted molar refractivity (Wildman–Crippen MR) is 83.4 cm³/mol. The van der Waals surface area contributed by atoms with Crippen LogP contribution in [0, 0.1) is 17.8 Å². The Morgan fingerprint density at radius 3 is 2.63 bits per heavy atom. The van der Waals surface area contributed by atoms with Crippen LogP contribution < -0.4 is 5.32 Å². The minimum absolute atomic E-state index is 0.800. The molecule has 1 saturated heterocycles. The van der Waals surface area contributed by atoms with E-state index in [4.69, 9.17) is 0 Å². The van der Waals surface area contributed by atoms with E-state index in [1.54, 1.807) is 0 Å². The molecule has 1 aliphatic heterocycles. The molecule has 0 radical (unpaired) electrons. The summed E-state index contributed by atoms with van der Waals surface area (Å²) in [6, 6.07) is 0.800. The summed E-state index contributed by atoms with van der Waals surface area (Å²) in [5.74, 6) is 2.76. The number of likely N-dealkylation sites (tertiary alicyclic amines) is 1. The number of nitrogens with one attached hydrogen (secondary N) is 1. The summed E-state index contributed by atoms with van der Waals surface area (Å²) < 4.78 is 0. The van der Waals surface area contributed by atoms with Crippen LogP contribution in [0.4, 0.5) is 0 Å². The molecular weight excluding hydrogens is 232 g/mol. The van der Waals surface area contributed by atoms with E-state index in [2.05, 4.69) is 31.0 Å². The van der Waals surface area contributed by atoms with Crippen molar-refractivity contribution in [2.45, 2.75) is 65.3 Å². The molecular formula is C17H34N2. The Morgan fingerprint density at radius 2 is 1.89 bits per heavy atom. The number of hydrogen-bond donors (Lipinski definition) is 1. The SMILES string of the molecule is CCNC1CCCC1CN1CCCC(C(C)C)CC1. The molecule has 0 aromatic carbocycles. The van der Waals surface area contributed by atoms with E-state index in [1.165, 1.54) is 58.2 Å². The summed E-state index contributed by atoms with van der Waals surface area (Å²) >= 11 is 0. The van der Waals surface area contributed by atoms with Gasteiger partial charge in [-0.2, -0.15) is 0 Å². The fraction of sp³-hybridized carbons (Fsp3) is 1.00. The highest BCUT2D eigenvalue weighted by atomic mass is 15.1. The second kappa shape index (κ2) is 7.64. The Morgan fingerprint density at radius 1 is 1.05 bits per heavy atom. The van der Waals surface area contributed by atoms with Crippen molar-refractivity contribution in [2.75, 3.05) is 26.2 Å². The zero-order valence-corrected chi connectivity index (χ0v) is 13.3. The van der Waals surface area contributed by atoms with Crippen LogP contribution in [-0.4, -0.2) is 37.1 Å². The predicted octanol–water partition coefficient (Wildman–Crippen LogP) is 3.52. The van der Waals surface area contributed by atoms with Gasteiger partial charge >= 0.3 is 0 Å². The van der Waals surface area contributed by atoms with Crippen molar-refractivity contribution in [3.8, 4) is 0 Å². The van der Waals surface area contributed by atoms with Gasteiger partial charge in [-0.25, -0.2) is 0 Å². The molecule has 1 saturated carbocycles. The van der Waals surface area contributed by atoms with Crippen molar-refractivity contribution >= 4 is 0 Å². The maximum atomic E-state index is 3.70. The molecule has 0 amide bonds. The van der Waals surface area contributed by atoms with Gasteiger partial charge in [0.15, 0.2) is 0 Å². The van der Waals surface area contributed by atoms with Gasteiger partial charge in [0.1, 0.15) is 0 Å². The first-order chi connectivity index (χ1) is 9.20. The molecule has 1 heterocycles. The average Bonchev–Trinajstić information content (AvgIpc) is 2.67. The van der Waals surface area contributed by atoms with Gasteiger partial charge in [0, 0.05) is 12.6 Å². The van der Waals surface area contributed by atoms with Crippen LogP contribution >= 0.6 is 0 Å². The van der Waals surface area contributed by atoms with E-state index >= 15 is 0 Å². The lowest BCUT2D eigenvalue weighted by Crippen LogP contribution is -2.39. The lowest BCUT2D eigenvalue weighted by Gasteiger charge is -2.28. The van der Waals surface area contributed by atoms with Gasteiger partial charge in [0.2, 0.25) is 0 Å². The Balaban J connectivity index is 1.79.